The molecule has 0 saturated carbocycles. The molecule has 4 heterocycles. The van der Waals surface area contributed by atoms with E-state index in [9.17, 15) is 0 Å². The molecule has 0 radical (unpaired) electrons. The van der Waals surface area contributed by atoms with Crippen molar-refractivity contribution in [1.82, 2.24) is 0 Å². The third-order valence-corrected chi connectivity index (χ3v) is 11.2. The summed E-state index contributed by atoms with van der Waals surface area (Å²) in [4.78, 5) is 2.35. The second-order valence-electron chi connectivity index (χ2n) is 6.38. The first-order valence-electron chi connectivity index (χ1n) is 8.53. The van der Waals surface area contributed by atoms with Gasteiger partial charge < -0.3 is 9.47 Å². The minimum Gasteiger partial charge on any atom is -0.444 e. The second kappa shape index (κ2) is 8.23. The maximum Gasteiger partial charge on any atom is 0.181 e. The highest BCUT2D eigenvalue weighted by atomic mass is 79.9. The van der Waals surface area contributed by atoms with E-state index in [1.807, 2.05) is 24.3 Å². The first-order chi connectivity index (χ1) is 14.3. The van der Waals surface area contributed by atoms with Crippen molar-refractivity contribution in [1.29, 1.82) is 0 Å². The highest BCUT2D eigenvalue weighted by molar-refractivity contribution is 9.11. The van der Waals surface area contributed by atoms with E-state index in [1.165, 1.54) is 32.4 Å². The van der Waals surface area contributed by atoms with E-state index in [2.05, 4.69) is 45.7 Å². The Balaban J connectivity index is 1.85. The van der Waals surface area contributed by atoms with Crippen LogP contribution in [0.4, 0.5) is 0 Å². The van der Waals surface area contributed by atoms with Crippen LogP contribution in [0.2, 0.25) is 10.0 Å². The van der Waals surface area contributed by atoms with Gasteiger partial charge >= 0.3 is 0 Å². The van der Waals surface area contributed by atoms with Crippen LogP contribution >= 0.6 is 100 Å². The van der Waals surface area contributed by atoms with Crippen LogP contribution in [-0.4, -0.2) is 0 Å². The van der Waals surface area contributed by atoms with E-state index >= 15 is 0 Å². The molecule has 0 aliphatic heterocycles. The number of aryl methyl sites for hydroxylation is 2. The monoisotopic (exact) mass is 638 g/mol. The predicted molar refractivity (Wildman–Crippen MR) is 141 cm³/mol. The summed E-state index contributed by atoms with van der Waals surface area (Å²) in [6.07, 6.45) is 0. The highest BCUT2D eigenvalue weighted by Gasteiger charge is 2.28. The normalized spacial score (nSPS) is 11.7. The molecule has 0 atom stereocenters. The Morgan fingerprint density at radius 1 is 0.667 bits per heavy atom. The van der Waals surface area contributed by atoms with Crippen molar-refractivity contribution in [3.8, 4) is 21.6 Å². The fourth-order valence-electron chi connectivity index (χ4n) is 3.05. The Bertz CT molecular complexity index is 1320. The lowest BCUT2D eigenvalue weighted by atomic mass is 10.1. The molecular formula is C20H10Br2Cl2O2S4. The quantitative estimate of drug-likeness (QED) is 0.195. The number of thiophene rings is 4. The van der Waals surface area contributed by atoms with Crippen molar-refractivity contribution in [2.45, 2.75) is 13.8 Å². The molecule has 0 fully saturated rings. The van der Waals surface area contributed by atoms with Crippen LogP contribution in [0.25, 0.3) is 20.2 Å². The number of hydrogen-bond acceptors (Lipinski definition) is 6. The second-order valence-corrected chi connectivity index (χ2v) is 14.3. The molecule has 154 valence electrons. The van der Waals surface area contributed by atoms with Gasteiger partial charge in [-0.15, -0.1) is 45.3 Å². The summed E-state index contributed by atoms with van der Waals surface area (Å²) in [6.45, 7) is 4.10. The van der Waals surface area contributed by atoms with E-state index in [1.54, 1.807) is 22.7 Å². The highest BCUT2D eigenvalue weighted by Crippen LogP contribution is 2.58. The molecule has 5 aromatic rings. The van der Waals surface area contributed by atoms with Crippen molar-refractivity contribution in [2.75, 3.05) is 0 Å². The molecule has 30 heavy (non-hydrogen) atoms. The summed E-state index contributed by atoms with van der Waals surface area (Å²) in [5.74, 6) is 1.39. The van der Waals surface area contributed by atoms with Crippen LogP contribution in [0.1, 0.15) is 9.75 Å². The van der Waals surface area contributed by atoms with Gasteiger partial charge in [0.05, 0.1) is 37.8 Å². The first-order valence-corrected chi connectivity index (χ1v) is 14.1. The molecule has 10 heteroatoms. The molecule has 0 spiro atoms. The number of benzene rings is 1. The number of halogens is 4. The topological polar surface area (TPSA) is 18.5 Å². The minimum absolute atomic E-state index is 0.605. The maximum absolute atomic E-state index is 6.74. The summed E-state index contributed by atoms with van der Waals surface area (Å²) >= 11 is 26.9. The molecule has 2 nitrogen and oxygen atoms in total. The van der Waals surface area contributed by atoms with Crippen LogP contribution in [0.5, 0.6) is 21.6 Å². The lowest BCUT2D eigenvalue weighted by Gasteiger charge is -2.12. The molecule has 4 aromatic heterocycles. The standard InChI is InChI=1S/C20H10Br2Cl2O2S4/c1-7-3-5-9(27-7)25-15-11-13(23)19(21)30-18(11)16(26-10-6-4-8(2)28-10)12-14(24)20(22)29-17(12)15/h3-6H,1-2H3. The van der Waals surface area contributed by atoms with E-state index < -0.39 is 0 Å². The van der Waals surface area contributed by atoms with Gasteiger partial charge in [-0.1, -0.05) is 23.2 Å². The van der Waals surface area contributed by atoms with Crippen molar-refractivity contribution in [3.05, 3.63) is 51.6 Å². The van der Waals surface area contributed by atoms with Crippen LogP contribution in [0.15, 0.2) is 31.8 Å². The Labute approximate surface area is 215 Å². The average molecular weight is 641 g/mol. The molecule has 0 amide bonds. The molecule has 0 aliphatic rings. The zero-order chi connectivity index (χ0) is 21.2. The number of ether oxygens (including phenoxy) is 2. The van der Waals surface area contributed by atoms with Gasteiger partial charge in [-0.25, -0.2) is 0 Å². The van der Waals surface area contributed by atoms with Gasteiger partial charge in [0, 0.05) is 9.75 Å². The van der Waals surface area contributed by atoms with Gasteiger partial charge in [0.25, 0.3) is 0 Å². The maximum atomic E-state index is 6.74. The van der Waals surface area contributed by atoms with Crippen molar-refractivity contribution < 1.29 is 9.47 Å². The zero-order valence-corrected chi connectivity index (χ0v) is 23.2. The van der Waals surface area contributed by atoms with Crippen LogP contribution < -0.4 is 9.47 Å². The molecular weight excluding hydrogens is 631 g/mol. The number of rotatable bonds is 4. The Morgan fingerprint density at radius 3 is 1.40 bits per heavy atom. The largest absolute Gasteiger partial charge is 0.444 e. The molecule has 0 saturated heterocycles. The fraction of sp³-hybridized carbons (Fsp3) is 0.100. The van der Waals surface area contributed by atoms with Gasteiger partial charge in [-0.2, -0.15) is 0 Å². The van der Waals surface area contributed by atoms with Crippen molar-refractivity contribution in [3.63, 3.8) is 0 Å². The molecule has 5 rings (SSSR count). The Kier molecular flexibility index (Phi) is 5.90. The SMILES string of the molecule is Cc1ccc(Oc2c3sc(Br)c(Cl)c3c(Oc3ccc(C)s3)c3sc(Br)c(Cl)c23)s1. The smallest absolute Gasteiger partial charge is 0.181 e. The van der Waals surface area contributed by atoms with Crippen LogP contribution in [-0.2, 0) is 0 Å². The van der Waals surface area contributed by atoms with Gasteiger partial charge in [0.1, 0.15) is 0 Å². The summed E-state index contributed by atoms with van der Waals surface area (Å²) < 4.78 is 16.2. The molecule has 0 N–H and O–H groups in total. The first kappa shape index (κ1) is 21.5. The van der Waals surface area contributed by atoms with E-state index in [4.69, 9.17) is 32.7 Å². The van der Waals surface area contributed by atoms with Gasteiger partial charge in [-0.3, -0.25) is 0 Å². The van der Waals surface area contributed by atoms with E-state index in [-0.39, 0.29) is 0 Å². The molecule has 0 unspecified atom stereocenters. The molecule has 0 bridgehead atoms. The third-order valence-electron chi connectivity index (χ3n) is 4.32. The van der Waals surface area contributed by atoms with Crippen LogP contribution in [0, 0.1) is 13.8 Å². The van der Waals surface area contributed by atoms with E-state index in [0.29, 0.717) is 21.5 Å². The lowest BCUT2D eigenvalue weighted by Crippen LogP contribution is -1.88. The van der Waals surface area contributed by atoms with Gasteiger partial charge in [-0.05, 0) is 70.0 Å². The number of fused-ring (bicyclic) bond motifs is 2. The summed E-state index contributed by atoms with van der Waals surface area (Å²) in [5.41, 5.74) is 0. The Morgan fingerprint density at radius 2 is 1.07 bits per heavy atom. The third kappa shape index (κ3) is 3.63. The molecule has 0 aliphatic carbocycles. The summed E-state index contributed by atoms with van der Waals surface area (Å²) in [7, 11) is 0. The van der Waals surface area contributed by atoms with Gasteiger partial charge in [0.15, 0.2) is 21.6 Å². The average Bonchev–Trinajstić information content (AvgIpc) is 3.43. The minimum atomic E-state index is 0.605. The molecule has 1 aromatic carbocycles. The summed E-state index contributed by atoms with van der Waals surface area (Å²) in [5, 5.41) is 4.45. The zero-order valence-electron chi connectivity index (χ0n) is 15.3. The van der Waals surface area contributed by atoms with Gasteiger partial charge in [0.2, 0.25) is 0 Å². The van der Waals surface area contributed by atoms with Crippen LogP contribution in [0.3, 0.4) is 0 Å². The van der Waals surface area contributed by atoms with Crippen molar-refractivity contribution >= 4 is 121 Å². The van der Waals surface area contributed by atoms with Crippen molar-refractivity contribution in [2.24, 2.45) is 0 Å². The predicted octanol–water partition coefficient (Wildman–Crippen LogP) is 11.3. The summed E-state index contributed by atoms with van der Waals surface area (Å²) in [6, 6.07) is 8.01. The van der Waals surface area contributed by atoms with E-state index in [0.717, 1.165) is 37.9 Å². The lowest BCUT2D eigenvalue weighted by molar-refractivity contribution is 0.501. The fourth-order valence-corrected chi connectivity index (χ4v) is 8.36. The Hall–Kier alpha value is -0.320. The number of hydrogen-bond donors (Lipinski definition) is 0.